The van der Waals surface area contributed by atoms with Gasteiger partial charge >= 0.3 is 0 Å². The van der Waals surface area contributed by atoms with Crippen molar-refractivity contribution in [3.05, 3.63) is 0 Å². The second-order valence-corrected chi connectivity index (χ2v) is 4.70. The van der Waals surface area contributed by atoms with Crippen molar-refractivity contribution >= 4 is 0 Å². The average Bonchev–Trinajstić information content (AvgIpc) is 2.16. The molecule has 0 aromatic rings. The van der Waals surface area contributed by atoms with Crippen molar-refractivity contribution in [3.8, 4) is 0 Å². The molecule has 3 nitrogen and oxygen atoms in total. The fourth-order valence-electron chi connectivity index (χ4n) is 1.03. The number of ether oxygens (including phenoxy) is 2. The van der Waals surface area contributed by atoms with Crippen LogP contribution in [0.2, 0.25) is 0 Å². The van der Waals surface area contributed by atoms with Gasteiger partial charge in [-0.3, -0.25) is 0 Å². The summed E-state index contributed by atoms with van der Waals surface area (Å²) in [5, 5.41) is 3.44. The van der Waals surface area contributed by atoms with Crippen LogP contribution in [0.1, 0.15) is 41.0 Å². The third-order valence-corrected chi connectivity index (χ3v) is 2.41. The maximum Gasteiger partial charge on any atom is 0.0703 e. The summed E-state index contributed by atoms with van der Waals surface area (Å²) in [7, 11) is 0. The Balaban J connectivity index is 3.18. The van der Waals surface area contributed by atoms with Gasteiger partial charge in [-0.2, -0.15) is 0 Å². The fourth-order valence-corrected chi connectivity index (χ4v) is 1.03. The second-order valence-electron chi connectivity index (χ2n) is 4.70. The van der Waals surface area contributed by atoms with Gasteiger partial charge in [-0.25, -0.2) is 0 Å². The van der Waals surface area contributed by atoms with E-state index in [-0.39, 0.29) is 5.54 Å². The molecule has 0 aliphatic rings. The topological polar surface area (TPSA) is 30.5 Å². The van der Waals surface area contributed by atoms with Crippen LogP contribution in [0.15, 0.2) is 0 Å². The Morgan fingerprint density at radius 1 is 1.13 bits per heavy atom. The monoisotopic (exact) mass is 217 g/mol. The van der Waals surface area contributed by atoms with Crippen molar-refractivity contribution in [1.82, 2.24) is 5.32 Å². The molecular formula is C12H27NO2. The van der Waals surface area contributed by atoms with Crippen LogP contribution in [-0.4, -0.2) is 38.0 Å². The van der Waals surface area contributed by atoms with E-state index in [4.69, 9.17) is 9.47 Å². The highest BCUT2D eigenvalue weighted by molar-refractivity contribution is 4.74. The quantitative estimate of drug-likeness (QED) is 0.601. The van der Waals surface area contributed by atoms with Gasteiger partial charge in [-0.05, 0) is 34.1 Å². The summed E-state index contributed by atoms with van der Waals surface area (Å²) in [6.45, 7) is 13.7. The molecule has 0 aliphatic carbocycles. The lowest BCUT2D eigenvalue weighted by molar-refractivity contribution is 0.0194. The highest BCUT2D eigenvalue weighted by atomic mass is 16.5. The molecule has 0 unspecified atom stereocenters. The van der Waals surface area contributed by atoms with Gasteiger partial charge in [0.1, 0.15) is 0 Å². The molecule has 0 amide bonds. The minimum absolute atomic E-state index is 0.220. The van der Waals surface area contributed by atoms with Crippen molar-refractivity contribution in [1.29, 1.82) is 0 Å². The molecule has 92 valence electrons. The molecule has 0 aliphatic heterocycles. The van der Waals surface area contributed by atoms with E-state index < -0.39 is 0 Å². The Morgan fingerprint density at radius 2 is 1.80 bits per heavy atom. The van der Waals surface area contributed by atoms with Crippen LogP contribution in [0.5, 0.6) is 0 Å². The van der Waals surface area contributed by atoms with Crippen LogP contribution in [0.4, 0.5) is 0 Å². The largest absolute Gasteiger partial charge is 0.378 e. The van der Waals surface area contributed by atoms with E-state index in [2.05, 4.69) is 26.1 Å². The van der Waals surface area contributed by atoms with Crippen LogP contribution in [0.3, 0.4) is 0 Å². The summed E-state index contributed by atoms with van der Waals surface area (Å²) in [4.78, 5) is 0. The molecule has 0 spiro atoms. The number of hydrogen-bond acceptors (Lipinski definition) is 3. The maximum absolute atomic E-state index is 5.44. The Morgan fingerprint density at radius 3 is 2.33 bits per heavy atom. The van der Waals surface area contributed by atoms with Gasteiger partial charge in [0.25, 0.3) is 0 Å². The predicted octanol–water partition coefficient (Wildman–Crippen LogP) is 2.21. The molecule has 0 saturated carbocycles. The molecule has 1 N–H and O–H groups in total. The van der Waals surface area contributed by atoms with E-state index in [0.717, 1.165) is 19.6 Å². The first-order valence-corrected chi connectivity index (χ1v) is 5.92. The highest BCUT2D eigenvalue weighted by Crippen LogP contribution is 2.05. The first-order chi connectivity index (χ1) is 6.98. The molecular weight excluding hydrogens is 190 g/mol. The van der Waals surface area contributed by atoms with Crippen molar-refractivity contribution < 1.29 is 9.47 Å². The van der Waals surface area contributed by atoms with Crippen molar-refractivity contribution in [2.75, 3.05) is 26.4 Å². The standard InChI is InChI=1S/C12H27NO2/c1-6-12(4,5)13-7-8-14-9-10-15-11(2)3/h11,13H,6-10H2,1-5H3. The molecule has 0 fully saturated rings. The van der Waals surface area contributed by atoms with Gasteiger partial charge in [-0.1, -0.05) is 6.92 Å². The van der Waals surface area contributed by atoms with E-state index in [0.29, 0.717) is 19.3 Å². The predicted molar refractivity (Wildman–Crippen MR) is 64.3 cm³/mol. The minimum atomic E-state index is 0.220. The highest BCUT2D eigenvalue weighted by Gasteiger charge is 2.12. The van der Waals surface area contributed by atoms with Gasteiger partial charge < -0.3 is 14.8 Å². The van der Waals surface area contributed by atoms with E-state index in [9.17, 15) is 0 Å². The third-order valence-electron chi connectivity index (χ3n) is 2.41. The summed E-state index contributed by atoms with van der Waals surface area (Å²) in [5.41, 5.74) is 0.220. The molecule has 0 saturated heterocycles. The van der Waals surface area contributed by atoms with Crippen molar-refractivity contribution in [3.63, 3.8) is 0 Å². The van der Waals surface area contributed by atoms with Crippen LogP contribution in [0.25, 0.3) is 0 Å². The molecule has 3 heteroatoms. The first-order valence-electron chi connectivity index (χ1n) is 5.92. The lowest BCUT2D eigenvalue weighted by Gasteiger charge is -2.24. The van der Waals surface area contributed by atoms with Crippen LogP contribution < -0.4 is 5.32 Å². The maximum atomic E-state index is 5.44. The van der Waals surface area contributed by atoms with Gasteiger partial charge in [0.2, 0.25) is 0 Å². The molecule has 0 aromatic carbocycles. The summed E-state index contributed by atoms with van der Waals surface area (Å²) >= 11 is 0. The second kappa shape index (κ2) is 8.08. The molecule has 15 heavy (non-hydrogen) atoms. The zero-order chi connectivity index (χ0) is 11.7. The fraction of sp³-hybridized carbons (Fsp3) is 1.00. The number of nitrogens with one attached hydrogen (secondary N) is 1. The summed E-state index contributed by atoms with van der Waals surface area (Å²) in [6.07, 6.45) is 1.43. The number of hydrogen-bond donors (Lipinski definition) is 1. The Labute approximate surface area is 94.5 Å². The molecule has 0 aromatic heterocycles. The van der Waals surface area contributed by atoms with Gasteiger partial charge in [0.05, 0.1) is 25.9 Å². The van der Waals surface area contributed by atoms with Gasteiger partial charge in [0.15, 0.2) is 0 Å². The molecule has 0 radical (unpaired) electrons. The molecule has 0 atom stereocenters. The van der Waals surface area contributed by atoms with Gasteiger partial charge in [0, 0.05) is 12.1 Å². The first kappa shape index (κ1) is 14.9. The zero-order valence-corrected chi connectivity index (χ0v) is 10.9. The van der Waals surface area contributed by atoms with E-state index in [1.54, 1.807) is 0 Å². The van der Waals surface area contributed by atoms with E-state index >= 15 is 0 Å². The lowest BCUT2D eigenvalue weighted by Crippen LogP contribution is -2.40. The Kier molecular flexibility index (Phi) is 8.02. The van der Waals surface area contributed by atoms with Crippen LogP contribution in [0, 0.1) is 0 Å². The Bertz CT molecular complexity index is 147. The SMILES string of the molecule is CCC(C)(C)NCCOCCOC(C)C. The molecule has 0 bridgehead atoms. The van der Waals surface area contributed by atoms with Crippen molar-refractivity contribution in [2.45, 2.75) is 52.7 Å². The summed E-state index contributed by atoms with van der Waals surface area (Å²) in [5.74, 6) is 0. The smallest absolute Gasteiger partial charge is 0.0703 e. The molecule has 0 rings (SSSR count). The average molecular weight is 217 g/mol. The number of rotatable bonds is 9. The van der Waals surface area contributed by atoms with E-state index in [1.807, 2.05) is 13.8 Å². The zero-order valence-electron chi connectivity index (χ0n) is 10.9. The minimum Gasteiger partial charge on any atom is -0.378 e. The Hall–Kier alpha value is -0.120. The normalized spacial score (nSPS) is 12.4. The molecule has 0 heterocycles. The van der Waals surface area contributed by atoms with Crippen LogP contribution >= 0.6 is 0 Å². The van der Waals surface area contributed by atoms with Gasteiger partial charge in [-0.15, -0.1) is 0 Å². The van der Waals surface area contributed by atoms with Crippen molar-refractivity contribution in [2.24, 2.45) is 0 Å². The third kappa shape index (κ3) is 10.2. The lowest BCUT2D eigenvalue weighted by atomic mass is 10.0. The summed E-state index contributed by atoms with van der Waals surface area (Å²) in [6, 6.07) is 0. The van der Waals surface area contributed by atoms with E-state index in [1.165, 1.54) is 0 Å². The van der Waals surface area contributed by atoms with Crippen LogP contribution in [-0.2, 0) is 9.47 Å². The summed E-state index contributed by atoms with van der Waals surface area (Å²) < 4.78 is 10.8.